The lowest BCUT2D eigenvalue weighted by molar-refractivity contribution is 0.619. The van der Waals surface area contributed by atoms with E-state index in [4.69, 9.17) is 4.42 Å². The van der Waals surface area contributed by atoms with Crippen LogP contribution in [0, 0.1) is 18.3 Å². The molecule has 168 valence electrons. The molecule has 0 aliphatic heterocycles. The van der Waals surface area contributed by atoms with Crippen molar-refractivity contribution in [2.24, 2.45) is 0 Å². The quantitative estimate of drug-likeness (QED) is 0.345. The van der Waals surface area contributed by atoms with E-state index in [0.717, 1.165) is 15.7 Å². The lowest BCUT2D eigenvalue weighted by Crippen LogP contribution is -2.34. The highest BCUT2D eigenvalue weighted by Crippen LogP contribution is 2.31. The van der Waals surface area contributed by atoms with Crippen LogP contribution in [0.4, 0.5) is 5.69 Å². The number of hydrogen-bond donors (Lipinski definition) is 1. The highest BCUT2D eigenvalue weighted by atomic mass is 79.9. The van der Waals surface area contributed by atoms with Gasteiger partial charge in [0.1, 0.15) is 11.6 Å². The molecule has 3 aromatic heterocycles. The Morgan fingerprint density at radius 2 is 1.86 bits per heavy atom. The molecule has 6 aromatic rings. The Labute approximate surface area is 207 Å². The predicted molar refractivity (Wildman–Crippen MR) is 139 cm³/mol. The van der Waals surface area contributed by atoms with E-state index in [2.05, 4.69) is 37.3 Å². The standard InChI is InChI=1S/C27H16BrN5O2/c1-15-18(13-29)25-31-21-8-4-5-9-23(21)33(25)27(34)19(15)14-30-16-10-11-24-22(12-16)32-26(35-24)17-6-2-3-7-20(17)28/h2-12,14,30H,1H3. The molecule has 0 saturated carbocycles. The first-order valence-electron chi connectivity index (χ1n) is 10.8. The molecule has 8 heteroatoms. The molecule has 0 unspecified atom stereocenters. The highest BCUT2D eigenvalue weighted by molar-refractivity contribution is 9.10. The number of oxazole rings is 1. The normalized spacial score (nSPS) is 12.0. The molecule has 0 atom stereocenters. The number of fused-ring (bicyclic) bond motifs is 4. The predicted octanol–water partition coefficient (Wildman–Crippen LogP) is 5.17. The fourth-order valence-corrected chi connectivity index (χ4v) is 4.66. The summed E-state index contributed by atoms with van der Waals surface area (Å²) in [6, 6.07) is 22.8. The molecule has 3 aromatic carbocycles. The fourth-order valence-electron chi connectivity index (χ4n) is 4.21. The van der Waals surface area contributed by atoms with Crippen LogP contribution in [0.25, 0.3) is 45.4 Å². The van der Waals surface area contributed by atoms with Gasteiger partial charge in [-0.3, -0.25) is 9.20 Å². The van der Waals surface area contributed by atoms with Gasteiger partial charge in [0.2, 0.25) is 5.89 Å². The fraction of sp³-hybridized carbons (Fsp3) is 0.0370. The zero-order valence-corrected chi connectivity index (χ0v) is 20.0. The lowest BCUT2D eigenvalue weighted by Gasteiger charge is -2.04. The van der Waals surface area contributed by atoms with Gasteiger partial charge in [0.05, 0.1) is 27.4 Å². The van der Waals surface area contributed by atoms with Crippen molar-refractivity contribution in [1.82, 2.24) is 14.4 Å². The van der Waals surface area contributed by atoms with Gasteiger partial charge in [0, 0.05) is 16.4 Å². The van der Waals surface area contributed by atoms with Crippen LogP contribution in [0.1, 0.15) is 11.1 Å². The van der Waals surface area contributed by atoms with E-state index < -0.39 is 0 Å². The molecule has 0 bridgehead atoms. The van der Waals surface area contributed by atoms with Gasteiger partial charge < -0.3 is 9.73 Å². The molecule has 35 heavy (non-hydrogen) atoms. The molecule has 0 radical (unpaired) electrons. The summed E-state index contributed by atoms with van der Waals surface area (Å²) in [4.78, 5) is 22.6. The number of pyridine rings is 1. The van der Waals surface area contributed by atoms with Crippen LogP contribution in [0.5, 0.6) is 0 Å². The Morgan fingerprint density at radius 1 is 1.06 bits per heavy atom. The molecule has 1 N–H and O–H groups in total. The topological polar surface area (TPSA) is 96.2 Å². The third-order valence-electron chi connectivity index (χ3n) is 5.98. The van der Waals surface area contributed by atoms with Crippen LogP contribution in [0.15, 0.2) is 80.4 Å². The van der Waals surface area contributed by atoms with Gasteiger partial charge >= 0.3 is 0 Å². The Hall–Kier alpha value is -4.48. The number of nitriles is 1. The Balaban J connectivity index is 1.46. The van der Waals surface area contributed by atoms with E-state index in [-0.39, 0.29) is 5.56 Å². The van der Waals surface area contributed by atoms with Crippen molar-refractivity contribution in [3.63, 3.8) is 0 Å². The summed E-state index contributed by atoms with van der Waals surface area (Å²) in [5.74, 6) is 0.516. The number of halogens is 1. The minimum Gasteiger partial charge on any atom is -0.436 e. The number of benzene rings is 3. The van der Waals surface area contributed by atoms with Gasteiger partial charge in [0.25, 0.3) is 5.56 Å². The molecule has 0 fully saturated rings. The second kappa shape index (κ2) is 8.08. The minimum absolute atomic E-state index is 0.239. The number of nitrogens with zero attached hydrogens (tertiary/aromatic N) is 4. The summed E-state index contributed by atoms with van der Waals surface area (Å²) in [6.45, 7) is 1.76. The number of aromatic nitrogens is 3. The van der Waals surface area contributed by atoms with Gasteiger partial charge in [-0.05, 0) is 70.9 Å². The second-order valence-corrected chi connectivity index (χ2v) is 8.91. The Bertz CT molecular complexity index is 1950. The molecule has 0 spiro atoms. The summed E-state index contributed by atoms with van der Waals surface area (Å²) in [5.41, 5.74) is 5.35. The maximum atomic E-state index is 13.4. The van der Waals surface area contributed by atoms with Crippen molar-refractivity contribution in [2.45, 2.75) is 6.92 Å². The molecule has 0 aliphatic carbocycles. The first-order valence-corrected chi connectivity index (χ1v) is 11.6. The van der Waals surface area contributed by atoms with Crippen LogP contribution >= 0.6 is 15.9 Å². The van der Waals surface area contributed by atoms with Crippen molar-refractivity contribution in [3.05, 3.63) is 97.9 Å². The van der Waals surface area contributed by atoms with Gasteiger partial charge in [-0.15, -0.1) is 0 Å². The number of anilines is 1. The van der Waals surface area contributed by atoms with Crippen molar-refractivity contribution < 1.29 is 4.42 Å². The lowest BCUT2D eigenvalue weighted by atomic mass is 10.1. The molecule has 3 heterocycles. The summed E-state index contributed by atoms with van der Waals surface area (Å²) >= 11 is 3.53. The SMILES string of the molecule is Cc1c(C#N)c2nc3ccccc3n2c(=O)c1=CNc1ccc2oc(-c3ccccc3Br)nc2c1. The maximum absolute atomic E-state index is 13.4. The van der Waals surface area contributed by atoms with E-state index >= 15 is 0 Å². The van der Waals surface area contributed by atoms with Crippen LogP contribution in [0.3, 0.4) is 0 Å². The van der Waals surface area contributed by atoms with E-state index in [1.54, 1.807) is 13.1 Å². The van der Waals surface area contributed by atoms with Gasteiger partial charge in [-0.1, -0.05) is 24.3 Å². The summed E-state index contributed by atoms with van der Waals surface area (Å²) in [5, 5.41) is 13.4. The molecule has 6 rings (SSSR count). The number of hydrogen-bond acceptors (Lipinski definition) is 6. The first-order chi connectivity index (χ1) is 17.0. The van der Waals surface area contributed by atoms with E-state index in [1.807, 2.05) is 66.7 Å². The maximum Gasteiger partial charge on any atom is 0.265 e. The molecular formula is C27H16BrN5O2. The van der Waals surface area contributed by atoms with Crippen LogP contribution in [0.2, 0.25) is 0 Å². The average Bonchev–Trinajstić information content (AvgIpc) is 3.46. The second-order valence-electron chi connectivity index (χ2n) is 8.06. The Kier molecular flexibility index (Phi) is 4.87. The smallest absolute Gasteiger partial charge is 0.265 e. The largest absolute Gasteiger partial charge is 0.436 e. The molecule has 0 aliphatic rings. The van der Waals surface area contributed by atoms with Gasteiger partial charge in [0.15, 0.2) is 11.2 Å². The number of nitrogens with one attached hydrogen (secondary N) is 1. The van der Waals surface area contributed by atoms with Crippen molar-refractivity contribution in [1.29, 1.82) is 5.26 Å². The van der Waals surface area contributed by atoms with Crippen molar-refractivity contribution in [3.8, 4) is 17.5 Å². The van der Waals surface area contributed by atoms with Crippen molar-refractivity contribution >= 4 is 55.6 Å². The van der Waals surface area contributed by atoms with Gasteiger partial charge in [-0.2, -0.15) is 5.26 Å². The van der Waals surface area contributed by atoms with Gasteiger partial charge in [-0.25, -0.2) is 9.97 Å². The molecule has 0 amide bonds. The van der Waals surface area contributed by atoms with Crippen LogP contribution in [-0.4, -0.2) is 14.4 Å². The van der Waals surface area contributed by atoms with E-state index in [0.29, 0.717) is 50.0 Å². The van der Waals surface area contributed by atoms with Crippen LogP contribution < -0.4 is 16.1 Å². The molecule has 0 saturated heterocycles. The summed E-state index contributed by atoms with van der Waals surface area (Å²) in [7, 11) is 0. The highest BCUT2D eigenvalue weighted by Gasteiger charge is 2.16. The number of imidazole rings is 1. The van der Waals surface area contributed by atoms with Crippen molar-refractivity contribution in [2.75, 3.05) is 5.32 Å². The molecular weight excluding hydrogens is 506 g/mol. The average molecular weight is 522 g/mol. The van der Waals surface area contributed by atoms with Crippen LogP contribution in [-0.2, 0) is 0 Å². The Morgan fingerprint density at radius 3 is 2.69 bits per heavy atom. The van der Waals surface area contributed by atoms with E-state index in [1.165, 1.54) is 4.40 Å². The third kappa shape index (κ3) is 3.36. The van der Waals surface area contributed by atoms with E-state index in [9.17, 15) is 10.1 Å². The number of para-hydroxylation sites is 2. The molecule has 7 nitrogen and oxygen atoms in total. The number of rotatable bonds is 3. The zero-order chi connectivity index (χ0) is 24.1. The first kappa shape index (κ1) is 21.1. The third-order valence-corrected chi connectivity index (χ3v) is 6.68. The summed E-state index contributed by atoms with van der Waals surface area (Å²) in [6.07, 6.45) is 1.63. The summed E-state index contributed by atoms with van der Waals surface area (Å²) < 4.78 is 8.32. The zero-order valence-electron chi connectivity index (χ0n) is 18.4. The monoisotopic (exact) mass is 521 g/mol. The minimum atomic E-state index is -0.239.